The first kappa shape index (κ1) is 16.5. The number of aliphatic imine (C=N–C) groups is 1. The molecule has 0 saturated carbocycles. The Morgan fingerprint density at radius 2 is 2.23 bits per heavy atom. The van der Waals surface area contributed by atoms with Crippen molar-refractivity contribution in [2.75, 3.05) is 13.1 Å². The van der Waals surface area contributed by atoms with Crippen molar-refractivity contribution in [2.45, 2.75) is 40.3 Å². The number of aryl methyl sites for hydroxylation is 3. The van der Waals surface area contributed by atoms with Gasteiger partial charge in [-0.1, -0.05) is 0 Å². The van der Waals surface area contributed by atoms with Crippen LogP contribution in [0.2, 0.25) is 0 Å². The van der Waals surface area contributed by atoms with Crippen molar-refractivity contribution in [3.8, 4) is 0 Å². The molecule has 0 spiro atoms. The fourth-order valence-corrected chi connectivity index (χ4v) is 2.84. The molecule has 0 radical (unpaired) electrons. The minimum absolute atomic E-state index is 0.621. The Kier molecular flexibility index (Phi) is 6.39. The highest BCUT2D eigenvalue weighted by atomic mass is 32.1. The van der Waals surface area contributed by atoms with Gasteiger partial charge in [-0.15, -0.1) is 11.3 Å². The number of thiazole rings is 1. The van der Waals surface area contributed by atoms with Crippen LogP contribution in [0.15, 0.2) is 23.7 Å². The van der Waals surface area contributed by atoms with E-state index in [9.17, 15) is 0 Å². The van der Waals surface area contributed by atoms with Gasteiger partial charge in [0.25, 0.3) is 0 Å². The summed E-state index contributed by atoms with van der Waals surface area (Å²) in [4.78, 5) is 14.4. The third kappa shape index (κ3) is 5.14. The summed E-state index contributed by atoms with van der Waals surface area (Å²) in [6.45, 7) is 9.51. The van der Waals surface area contributed by atoms with Crippen LogP contribution in [0.25, 0.3) is 0 Å². The molecular formula is C15H24N6S. The molecule has 0 atom stereocenters. The predicted octanol–water partition coefficient (Wildman–Crippen LogP) is 2.10. The van der Waals surface area contributed by atoms with Gasteiger partial charge < -0.3 is 15.2 Å². The average molecular weight is 320 g/mol. The van der Waals surface area contributed by atoms with E-state index < -0.39 is 0 Å². The Labute approximate surface area is 135 Å². The van der Waals surface area contributed by atoms with Crippen LogP contribution in [-0.4, -0.2) is 33.6 Å². The molecule has 0 aliphatic rings. The summed E-state index contributed by atoms with van der Waals surface area (Å²) in [7, 11) is 0. The van der Waals surface area contributed by atoms with Crippen molar-refractivity contribution < 1.29 is 0 Å². The number of hydrogen-bond donors (Lipinski definition) is 2. The highest BCUT2D eigenvalue weighted by molar-refractivity contribution is 7.11. The zero-order valence-electron chi connectivity index (χ0n) is 13.5. The first-order valence-corrected chi connectivity index (χ1v) is 8.41. The number of rotatable bonds is 7. The van der Waals surface area contributed by atoms with Gasteiger partial charge in [-0.3, -0.25) is 0 Å². The highest BCUT2D eigenvalue weighted by Crippen LogP contribution is 2.16. The maximum Gasteiger partial charge on any atom is 0.191 e. The molecule has 2 aromatic heterocycles. The van der Waals surface area contributed by atoms with Crippen LogP contribution in [0.1, 0.15) is 28.9 Å². The molecule has 120 valence electrons. The topological polar surface area (TPSA) is 67.1 Å². The number of guanidine groups is 1. The zero-order valence-corrected chi connectivity index (χ0v) is 14.3. The number of imidazole rings is 1. The van der Waals surface area contributed by atoms with Gasteiger partial charge in [-0.05, 0) is 27.2 Å². The minimum atomic E-state index is 0.621. The molecule has 0 unspecified atom stereocenters. The molecule has 0 aromatic carbocycles. The number of hydrogen-bond acceptors (Lipinski definition) is 4. The number of aromatic nitrogens is 3. The summed E-state index contributed by atoms with van der Waals surface area (Å²) in [5.74, 6) is 0.846. The Hall–Kier alpha value is -1.89. The van der Waals surface area contributed by atoms with Crippen LogP contribution in [-0.2, 0) is 13.1 Å². The van der Waals surface area contributed by atoms with Crippen LogP contribution in [0, 0.1) is 13.8 Å². The second-order valence-electron chi connectivity index (χ2n) is 5.03. The molecule has 22 heavy (non-hydrogen) atoms. The van der Waals surface area contributed by atoms with E-state index in [1.165, 1.54) is 4.88 Å². The first-order chi connectivity index (χ1) is 10.7. The van der Waals surface area contributed by atoms with E-state index in [0.717, 1.165) is 42.7 Å². The lowest BCUT2D eigenvalue weighted by molar-refractivity contribution is 0.624. The zero-order chi connectivity index (χ0) is 15.8. The van der Waals surface area contributed by atoms with E-state index >= 15 is 0 Å². The quantitative estimate of drug-likeness (QED) is 0.466. The maximum absolute atomic E-state index is 4.60. The maximum atomic E-state index is 4.60. The lowest BCUT2D eigenvalue weighted by Gasteiger charge is -2.11. The van der Waals surface area contributed by atoms with Gasteiger partial charge in [0.2, 0.25) is 0 Å². The first-order valence-electron chi connectivity index (χ1n) is 7.60. The number of nitrogens with zero attached hydrogens (tertiary/aromatic N) is 4. The lowest BCUT2D eigenvalue weighted by Crippen LogP contribution is -2.38. The molecule has 6 nitrogen and oxygen atoms in total. The van der Waals surface area contributed by atoms with Gasteiger partial charge in [0.15, 0.2) is 5.96 Å². The van der Waals surface area contributed by atoms with Crippen LogP contribution in [0.4, 0.5) is 0 Å². The molecule has 0 bridgehead atoms. The van der Waals surface area contributed by atoms with Gasteiger partial charge in [0, 0.05) is 36.9 Å². The Bertz CT molecular complexity index is 568. The van der Waals surface area contributed by atoms with Gasteiger partial charge in [0.05, 0.1) is 18.6 Å². The van der Waals surface area contributed by atoms with Crippen molar-refractivity contribution in [1.29, 1.82) is 0 Å². The van der Waals surface area contributed by atoms with E-state index in [-0.39, 0.29) is 0 Å². The van der Waals surface area contributed by atoms with E-state index in [0.29, 0.717) is 6.54 Å². The molecule has 2 N–H and O–H groups in total. The molecule has 0 saturated heterocycles. The normalized spacial score (nSPS) is 11.7. The monoisotopic (exact) mass is 320 g/mol. The summed E-state index contributed by atoms with van der Waals surface area (Å²) < 4.78 is 2.08. The van der Waals surface area contributed by atoms with Gasteiger partial charge in [-0.25, -0.2) is 15.0 Å². The molecule has 0 fully saturated rings. The molecule has 2 rings (SSSR count). The summed E-state index contributed by atoms with van der Waals surface area (Å²) in [6, 6.07) is 0. The molecule has 2 aromatic rings. The standard InChI is InChI=1S/C15H24N6S/c1-4-17-15(18-6-5-8-21-9-7-16-11-21)19-10-14-20-12(2)13(3)22-14/h7,9,11H,4-6,8,10H2,1-3H3,(H2,17,18,19). The van der Waals surface area contributed by atoms with E-state index in [4.69, 9.17) is 0 Å². The third-order valence-electron chi connectivity index (χ3n) is 3.23. The summed E-state index contributed by atoms with van der Waals surface area (Å²) in [5, 5.41) is 7.68. The Morgan fingerprint density at radius 3 is 2.86 bits per heavy atom. The summed E-state index contributed by atoms with van der Waals surface area (Å²) >= 11 is 1.72. The molecule has 2 heterocycles. The fraction of sp³-hybridized carbons (Fsp3) is 0.533. The average Bonchev–Trinajstić information content (AvgIpc) is 3.11. The van der Waals surface area contributed by atoms with E-state index in [2.05, 4.69) is 44.0 Å². The van der Waals surface area contributed by atoms with E-state index in [1.54, 1.807) is 17.5 Å². The van der Waals surface area contributed by atoms with Gasteiger partial charge >= 0.3 is 0 Å². The predicted molar refractivity (Wildman–Crippen MR) is 91.3 cm³/mol. The van der Waals surface area contributed by atoms with E-state index in [1.807, 2.05) is 19.4 Å². The van der Waals surface area contributed by atoms with Crippen molar-refractivity contribution in [2.24, 2.45) is 4.99 Å². The highest BCUT2D eigenvalue weighted by Gasteiger charge is 2.03. The summed E-state index contributed by atoms with van der Waals surface area (Å²) in [5.41, 5.74) is 1.11. The van der Waals surface area contributed by atoms with Crippen molar-refractivity contribution >= 4 is 17.3 Å². The van der Waals surface area contributed by atoms with Crippen LogP contribution in [0.5, 0.6) is 0 Å². The SMILES string of the molecule is CCNC(=NCc1nc(C)c(C)s1)NCCCn1ccnc1. The molecule has 7 heteroatoms. The molecule has 0 aliphatic carbocycles. The fourth-order valence-electron chi connectivity index (χ4n) is 1.98. The number of nitrogens with one attached hydrogen (secondary N) is 2. The lowest BCUT2D eigenvalue weighted by atomic mass is 10.4. The van der Waals surface area contributed by atoms with Crippen molar-refractivity contribution in [3.05, 3.63) is 34.3 Å². The second-order valence-corrected chi connectivity index (χ2v) is 6.31. The second kappa shape index (κ2) is 8.53. The van der Waals surface area contributed by atoms with Gasteiger partial charge in [0.1, 0.15) is 5.01 Å². The minimum Gasteiger partial charge on any atom is -0.357 e. The van der Waals surface area contributed by atoms with Crippen molar-refractivity contribution in [1.82, 2.24) is 25.2 Å². The summed E-state index contributed by atoms with van der Waals surface area (Å²) in [6.07, 6.45) is 6.64. The van der Waals surface area contributed by atoms with Crippen molar-refractivity contribution in [3.63, 3.8) is 0 Å². The van der Waals surface area contributed by atoms with Gasteiger partial charge in [-0.2, -0.15) is 0 Å². The van der Waals surface area contributed by atoms with Crippen LogP contribution in [0.3, 0.4) is 0 Å². The Balaban J connectivity index is 1.79. The molecule has 0 aliphatic heterocycles. The van der Waals surface area contributed by atoms with Crippen LogP contribution >= 0.6 is 11.3 Å². The smallest absolute Gasteiger partial charge is 0.191 e. The van der Waals surface area contributed by atoms with Crippen LogP contribution < -0.4 is 10.6 Å². The molecular weight excluding hydrogens is 296 g/mol. The third-order valence-corrected chi connectivity index (χ3v) is 4.29. The molecule has 0 amide bonds. The Morgan fingerprint density at radius 1 is 1.36 bits per heavy atom. The largest absolute Gasteiger partial charge is 0.357 e.